The summed E-state index contributed by atoms with van der Waals surface area (Å²) in [5, 5.41) is 2.87. The minimum Gasteiger partial charge on any atom is -0.492 e. The molecule has 0 aliphatic carbocycles. The molecule has 0 fully saturated rings. The van der Waals surface area contributed by atoms with Gasteiger partial charge in [-0.15, -0.1) is 0 Å². The predicted octanol–water partition coefficient (Wildman–Crippen LogP) is 4.92. The van der Waals surface area contributed by atoms with Crippen molar-refractivity contribution in [1.29, 1.82) is 0 Å². The number of nitrogens with one attached hydrogen (secondary N) is 1. The smallest absolute Gasteiger partial charge is 0.255 e. The summed E-state index contributed by atoms with van der Waals surface area (Å²) in [5.74, 6) is 0.300. The fraction of sp³-hybridized carbons (Fsp3) is 0.240. The SMILES string of the molecule is CCOc1ccccc1NC(=O)c1cccc(CN(c2ccc(C)c(C)c2)S(C)(=O)=O)c1. The van der Waals surface area contributed by atoms with Gasteiger partial charge in [-0.25, -0.2) is 8.42 Å². The molecule has 0 saturated carbocycles. The van der Waals surface area contributed by atoms with E-state index in [1.54, 1.807) is 36.4 Å². The van der Waals surface area contributed by atoms with Gasteiger partial charge in [-0.3, -0.25) is 9.10 Å². The molecule has 3 aromatic carbocycles. The summed E-state index contributed by atoms with van der Waals surface area (Å²) in [6, 6.07) is 19.8. The summed E-state index contributed by atoms with van der Waals surface area (Å²) in [6.45, 7) is 6.42. The summed E-state index contributed by atoms with van der Waals surface area (Å²) in [5.41, 5.74) is 4.42. The molecule has 0 aromatic heterocycles. The van der Waals surface area contributed by atoms with Crippen LogP contribution in [0.15, 0.2) is 66.7 Å². The average Bonchev–Trinajstić information content (AvgIpc) is 2.75. The molecule has 3 aromatic rings. The number of hydrogen-bond acceptors (Lipinski definition) is 4. The van der Waals surface area contributed by atoms with Crippen molar-refractivity contribution in [1.82, 2.24) is 0 Å². The van der Waals surface area contributed by atoms with Gasteiger partial charge in [0.15, 0.2) is 0 Å². The van der Waals surface area contributed by atoms with Crippen molar-refractivity contribution in [3.05, 3.63) is 89.0 Å². The van der Waals surface area contributed by atoms with E-state index in [1.165, 1.54) is 10.6 Å². The molecule has 0 aliphatic rings. The first kappa shape index (κ1) is 23.3. The van der Waals surface area contributed by atoms with Gasteiger partial charge in [0.05, 0.1) is 30.8 Å². The van der Waals surface area contributed by atoms with Crippen LogP contribution in [0, 0.1) is 13.8 Å². The largest absolute Gasteiger partial charge is 0.492 e. The van der Waals surface area contributed by atoms with Gasteiger partial charge in [-0.1, -0.05) is 30.3 Å². The third-order valence-electron chi connectivity index (χ3n) is 5.13. The molecule has 0 heterocycles. The van der Waals surface area contributed by atoms with Crippen molar-refractivity contribution in [2.24, 2.45) is 0 Å². The standard InChI is InChI=1S/C25H28N2O4S/c1-5-31-24-12-7-6-11-23(24)26-25(28)21-10-8-9-20(16-21)17-27(32(4,29)30)22-14-13-18(2)19(3)15-22/h6-16H,5,17H2,1-4H3,(H,26,28). The van der Waals surface area contributed by atoms with Gasteiger partial charge in [0, 0.05) is 5.56 Å². The molecule has 0 bridgehead atoms. The predicted molar refractivity (Wildman–Crippen MR) is 129 cm³/mol. The number of benzene rings is 3. The number of rotatable bonds is 8. The molecule has 0 radical (unpaired) electrons. The van der Waals surface area contributed by atoms with E-state index in [0.29, 0.717) is 34.9 Å². The Morgan fingerprint density at radius 1 is 0.969 bits per heavy atom. The Labute approximate surface area is 189 Å². The van der Waals surface area contributed by atoms with Gasteiger partial charge in [0.2, 0.25) is 10.0 Å². The van der Waals surface area contributed by atoms with Gasteiger partial charge in [0.1, 0.15) is 5.75 Å². The Balaban J connectivity index is 1.86. The molecule has 168 valence electrons. The van der Waals surface area contributed by atoms with Crippen LogP contribution in [0.2, 0.25) is 0 Å². The van der Waals surface area contributed by atoms with E-state index in [9.17, 15) is 13.2 Å². The Bertz CT molecular complexity index is 1220. The fourth-order valence-corrected chi connectivity index (χ4v) is 4.18. The molecular formula is C25H28N2O4S. The number of hydrogen-bond donors (Lipinski definition) is 1. The van der Waals surface area contributed by atoms with Crippen LogP contribution in [0.3, 0.4) is 0 Å². The van der Waals surface area contributed by atoms with Gasteiger partial charge >= 0.3 is 0 Å². The second kappa shape index (κ2) is 9.87. The van der Waals surface area contributed by atoms with Crippen molar-refractivity contribution in [3.8, 4) is 5.75 Å². The molecule has 32 heavy (non-hydrogen) atoms. The molecule has 3 rings (SSSR count). The maximum Gasteiger partial charge on any atom is 0.255 e. The zero-order valence-electron chi connectivity index (χ0n) is 18.8. The molecular weight excluding hydrogens is 424 g/mol. The molecule has 7 heteroatoms. The average molecular weight is 453 g/mol. The number of amides is 1. The lowest BCUT2D eigenvalue weighted by Gasteiger charge is -2.23. The highest BCUT2D eigenvalue weighted by atomic mass is 32.2. The Morgan fingerprint density at radius 2 is 1.72 bits per heavy atom. The molecule has 1 N–H and O–H groups in total. The Morgan fingerprint density at radius 3 is 2.41 bits per heavy atom. The topological polar surface area (TPSA) is 75.7 Å². The lowest BCUT2D eigenvalue weighted by atomic mass is 10.1. The number of carbonyl (C=O) groups is 1. The third kappa shape index (κ3) is 5.68. The van der Waals surface area contributed by atoms with Crippen molar-refractivity contribution in [2.45, 2.75) is 27.3 Å². The van der Waals surface area contributed by atoms with E-state index in [-0.39, 0.29) is 12.5 Å². The molecule has 0 aliphatic heterocycles. The lowest BCUT2D eigenvalue weighted by molar-refractivity contribution is 0.102. The molecule has 0 saturated heterocycles. The number of nitrogens with zero attached hydrogens (tertiary/aromatic N) is 1. The van der Waals surface area contributed by atoms with Crippen LogP contribution >= 0.6 is 0 Å². The van der Waals surface area contributed by atoms with Crippen molar-refractivity contribution >= 4 is 27.3 Å². The summed E-state index contributed by atoms with van der Waals surface area (Å²) < 4.78 is 32.0. The first-order chi connectivity index (χ1) is 15.2. The zero-order valence-corrected chi connectivity index (χ0v) is 19.6. The number of anilines is 2. The highest BCUT2D eigenvalue weighted by Gasteiger charge is 2.19. The van der Waals surface area contributed by atoms with E-state index < -0.39 is 10.0 Å². The quantitative estimate of drug-likeness (QED) is 0.526. The normalized spacial score (nSPS) is 11.1. The van der Waals surface area contributed by atoms with E-state index in [0.717, 1.165) is 11.1 Å². The zero-order chi connectivity index (χ0) is 23.3. The Kier molecular flexibility index (Phi) is 7.20. The molecule has 1 amide bonds. The monoisotopic (exact) mass is 452 g/mol. The lowest BCUT2D eigenvalue weighted by Crippen LogP contribution is -2.29. The van der Waals surface area contributed by atoms with Gasteiger partial charge in [-0.05, 0) is 73.9 Å². The first-order valence-electron chi connectivity index (χ1n) is 10.4. The van der Waals surface area contributed by atoms with Crippen LogP contribution in [0.25, 0.3) is 0 Å². The van der Waals surface area contributed by atoms with E-state index in [4.69, 9.17) is 4.74 Å². The summed E-state index contributed by atoms with van der Waals surface area (Å²) >= 11 is 0. The van der Waals surface area contributed by atoms with Crippen LogP contribution < -0.4 is 14.4 Å². The molecule has 6 nitrogen and oxygen atoms in total. The van der Waals surface area contributed by atoms with Gasteiger partial charge in [-0.2, -0.15) is 0 Å². The summed E-state index contributed by atoms with van der Waals surface area (Å²) in [6.07, 6.45) is 1.18. The molecule has 0 atom stereocenters. The van der Waals surface area contributed by atoms with Crippen LogP contribution in [-0.4, -0.2) is 27.2 Å². The van der Waals surface area contributed by atoms with E-state index in [2.05, 4.69) is 5.32 Å². The third-order valence-corrected chi connectivity index (χ3v) is 6.27. The minimum atomic E-state index is -3.52. The van der Waals surface area contributed by atoms with Crippen LogP contribution in [0.4, 0.5) is 11.4 Å². The second-order valence-electron chi connectivity index (χ2n) is 7.62. The van der Waals surface area contributed by atoms with Crippen molar-refractivity contribution in [2.75, 3.05) is 22.5 Å². The highest BCUT2D eigenvalue weighted by Crippen LogP contribution is 2.26. The van der Waals surface area contributed by atoms with E-state index in [1.807, 2.05) is 51.1 Å². The molecule has 0 spiro atoms. The maximum absolute atomic E-state index is 12.9. The maximum atomic E-state index is 12.9. The second-order valence-corrected chi connectivity index (χ2v) is 9.53. The van der Waals surface area contributed by atoms with Crippen LogP contribution in [-0.2, 0) is 16.6 Å². The van der Waals surface area contributed by atoms with Crippen LogP contribution in [0.5, 0.6) is 5.75 Å². The number of sulfonamides is 1. The highest BCUT2D eigenvalue weighted by molar-refractivity contribution is 7.92. The minimum absolute atomic E-state index is 0.123. The number of para-hydroxylation sites is 2. The van der Waals surface area contributed by atoms with Gasteiger partial charge < -0.3 is 10.1 Å². The first-order valence-corrected chi connectivity index (χ1v) is 12.2. The Hall–Kier alpha value is -3.32. The number of ether oxygens (including phenoxy) is 1. The van der Waals surface area contributed by atoms with Crippen molar-refractivity contribution < 1.29 is 17.9 Å². The fourth-order valence-electron chi connectivity index (χ4n) is 3.30. The number of carbonyl (C=O) groups excluding carboxylic acids is 1. The van der Waals surface area contributed by atoms with Gasteiger partial charge in [0.25, 0.3) is 5.91 Å². The van der Waals surface area contributed by atoms with Crippen molar-refractivity contribution in [3.63, 3.8) is 0 Å². The number of aryl methyl sites for hydroxylation is 2. The summed E-state index contributed by atoms with van der Waals surface area (Å²) in [4.78, 5) is 12.9. The van der Waals surface area contributed by atoms with Crippen LogP contribution in [0.1, 0.15) is 34.0 Å². The molecule has 0 unspecified atom stereocenters. The van der Waals surface area contributed by atoms with E-state index >= 15 is 0 Å². The summed E-state index contributed by atoms with van der Waals surface area (Å²) in [7, 11) is -3.52.